The van der Waals surface area contributed by atoms with Crippen LogP contribution in [0.15, 0.2) is 42.5 Å². The summed E-state index contributed by atoms with van der Waals surface area (Å²) in [6.07, 6.45) is 4.34. The molecule has 3 aromatic rings. The van der Waals surface area contributed by atoms with E-state index in [0.29, 0.717) is 28.9 Å². The number of methoxy groups -OCH3 is 1. The van der Waals surface area contributed by atoms with Crippen molar-refractivity contribution in [1.29, 1.82) is 0 Å². The maximum atomic E-state index is 12.1. The molecule has 4 rings (SSSR count). The van der Waals surface area contributed by atoms with Crippen LogP contribution in [-0.2, 0) is 11.2 Å². The fourth-order valence-corrected chi connectivity index (χ4v) is 5.62. The summed E-state index contributed by atoms with van der Waals surface area (Å²) < 4.78 is 7.39. The van der Waals surface area contributed by atoms with Crippen molar-refractivity contribution in [2.45, 2.75) is 72.3 Å². The number of fused-ring (bicyclic) bond motifs is 1. The van der Waals surface area contributed by atoms with Crippen LogP contribution in [0, 0.1) is 11.3 Å². The summed E-state index contributed by atoms with van der Waals surface area (Å²) in [5.41, 5.74) is 5.46. The first-order valence-electron chi connectivity index (χ1n) is 11.8. The maximum Gasteiger partial charge on any atom is 0.337 e. The summed E-state index contributed by atoms with van der Waals surface area (Å²) in [6, 6.07) is 15.1. The van der Waals surface area contributed by atoms with Crippen molar-refractivity contribution in [3.05, 3.63) is 65.0 Å². The molecule has 0 spiro atoms. The van der Waals surface area contributed by atoms with Gasteiger partial charge in [-0.25, -0.2) is 9.78 Å². The molecular weight excluding hydrogens is 396 g/mol. The number of esters is 1. The molecule has 0 unspecified atom stereocenters. The van der Waals surface area contributed by atoms with Crippen LogP contribution < -0.4 is 0 Å². The second kappa shape index (κ2) is 8.73. The number of hydrogen-bond donors (Lipinski definition) is 0. The highest BCUT2D eigenvalue weighted by Crippen LogP contribution is 2.45. The zero-order valence-electron chi connectivity index (χ0n) is 20.3. The Hall–Kier alpha value is -2.62. The summed E-state index contributed by atoms with van der Waals surface area (Å²) in [7, 11) is 1.42. The van der Waals surface area contributed by atoms with Gasteiger partial charge in [-0.3, -0.25) is 0 Å². The third-order valence-corrected chi connectivity index (χ3v) is 6.92. The van der Waals surface area contributed by atoms with E-state index < -0.39 is 0 Å². The molecule has 0 saturated heterocycles. The maximum absolute atomic E-state index is 12.1. The van der Waals surface area contributed by atoms with Crippen LogP contribution in [0.3, 0.4) is 0 Å². The second-order valence-electron chi connectivity index (χ2n) is 10.7. The smallest absolute Gasteiger partial charge is 0.337 e. The zero-order chi connectivity index (χ0) is 23.0. The highest BCUT2D eigenvalue weighted by Gasteiger charge is 2.34. The number of imidazole rings is 1. The third-order valence-electron chi connectivity index (χ3n) is 6.92. The molecule has 1 aromatic heterocycles. The lowest BCUT2D eigenvalue weighted by molar-refractivity contribution is 0.0601. The second-order valence-corrected chi connectivity index (χ2v) is 10.7. The fourth-order valence-electron chi connectivity index (χ4n) is 5.62. The Bertz CT molecular complexity index is 1110. The Morgan fingerprint density at radius 2 is 1.88 bits per heavy atom. The van der Waals surface area contributed by atoms with E-state index in [4.69, 9.17) is 9.72 Å². The van der Waals surface area contributed by atoms with Gasteiger partial charge in [0.15, 0.2) is 0 Å². The number of carbonyl (C=O) groups excluding carboxylic acids is 1. The predicted octanol–water partition coefficient (Wildman–Crippen LogP) is 6.92. The summed E-state index contributed by atoms with van der Waals surface area (Å²) in [5, 5.41) is 0. The van der Waals surface area contributed by atoms with E-state index in [2.05, 4.69) is 63.5 Å². The van der Waals surface area contributed by atoms with Crippen molar-refractivity contribution in [3.8, 4) is 0 Å². The average Bonchev–Trinajstić information content (AvgIpc) is 3.09. The molecule has 1 fully saturated rings. The van der Waals surface area contributed by atoms with Crippen LogP contribution in [0.25, 0.3) is 11.0 Å². The van der Waals surface area contributed by atoms with Crippen LogP contribution in [0.5, 0.6) is 0 Å². The van der Waals surface area contributed by atoms with Crippen molar-refractivity contribution in [2.24, 2.45) is 11.3 Å². The monoisotopic (exact) mass is 432 g/mol. The largest absolute Gasteiger partial charge is 0.465 e. The van der Waals surface area contributed by atoms with Crippen molar-refractivity contribution in [2.75, 3.05) is 7.11 Å². The molecule has 0 N–H and O–H groups in total. The van der Waals surface area contributed by atoms with Crippen molar-refractivity contribution < 1.29 is 9.53 Å². The number of aromatic nitrogens is 2. The molecule has 2 aromatic carbocycles. The Labute approximate surface area is 192 Å². The van der Waals surface area contributed by atoms with Crippen LogP contribution in [0.4, 0.5) is 0 Å². The van der Waals surface area contributed by atoms with E-state index in [1.165, 1.54) is 24.7 Å². The van der Waals surface area contributed by atoms with E-state index in [9.17, 15) is 4.79 Å². The first kappa shape index (κ1) is 22.6. The highest BCUT2D eigenvalue weighted by molar-refractivity contribution is 5.93. The highest BCUT2D eigenvalue weighted by atomic mass is 16.5. The van der Waals surface area contributed by atoms with E-state index >= 15 is 0 Å². The van der Waals surface area contributed by atoms with E-state index in [1.807, 2.05) is 18.2 Å². The van der Waals surface area contributed by atoms with Crippen LogP contribution in [0.1, 0.15) is 93.2 Å². The molecule has 1 aliphatic carbocycles. The number of ether oxygens (including phenoxy) is 1. The van der Waals surface area contributed by atoms with Gasteiger partial charge in [-0.15, -0.1) is 0 Å². The van der Waals surface area contributed by atoms with Gasteiger partial charge < -0.3 is 9.30 Å². The van der Waals surface area contributed by atoms with Gasteiger partial charge in [0.05, 0.1) is 23.7 Å². The molecule has 0 bridgehead atoms. The Morgan fingerprint density at radius 1 is 1.16 bits per heavy atom. The standard InChI is InChI=1S/C28H36N2O2/c1-18(2)21-9-7-20(8-10-21)14-26-29-24-15-22(27(31)32-6)11-12-25(24)30(26)23-13-19(3)16-28(4,5)17-23/h7-12,15,18-19,23H,13-14,16-17H2,1-6H3/t19-,23+/m0/s1. The minimum Gasteiger partial charge on any atom is -0.465 e. The van der Waals surface area contributed by atoms with Gasteiger partial charge in [-0.2, -0.15) is 0 Å². The van der Waals surface area contributed by atoms with Crippen molar-refractivity contribution in [3.63, 3.8) is 0 Å². The minimum atomic E-state index is -0.320. The minimum absolute atomic E-state index is 0.307. The molecule has 0 aliphatic heterocycles. The first-order valence-corrected chi connectivity index (χ1v) is 11.8. The topological polar surface area (TPSA) is 44.1 Å². The van der Waals surface area contributed by atoms with Gasteiger partial charge in [0.25, 0.3) is 0 Å². The summed E-state index contributed by atoms with van der Waals surface area (Å²) >= 11 is 0. The van der Waals surface area contributed by atoms with Crippen LogP contribution >= 0.6 is 0 Å². The number of rotatable bonds is 5. The number of hydrogen-bond acceptors (Lipinski definition) is 3. The lowest BCUT2D eigenvalue weighted by atomic mass is 9.70. The molecule has 4 heteroatoms. The van der Waals surface area contributed by atoms with Crippen molar-refractivity contribution in [1.82, 2.24) is 9.55 Å². The Kier molecular flexibility index (Phi) is 6.15. The average molecular weight is 433 g/mol. The third kappa shape index (κ3) is 4.60. The van der Waals surface area contributed by atoms with Gasteiger partial charge in [0.1, 0.15) is 5.82 Å². The molecule has 32 heavy (non-hydrogen) atoms. The lowest BCUT2D eigenvalue weighted by Crippen LogP contribution is -2.30. The summed E-state index contributed by atoms with van der Waals surface area (Å²) in [4.78, 5) is 17.1. The summed E-state index contributed by atoms with van der Waals surface area (Å²) in [5.74, 6) is 1.96. The molecule has 1 saturated carbocycles. The van der Waals surface area contributed by atoms with Crippen LogP contribution in [0.2, 0.25) is 0 Å². The predicted molar refractivity (Wildman–Crippen MR) is 130 cm³/mol. The molecule has 0 radical (unpaired) electrons. The van der Waals surface area contributed by atoms with Crippen LogP contribution in [-0.4, -0.2) is 22.6 Å². The number of benzene rings is 2. The van der Waals surface area contributed by atoms with Gasteiger partial charge in [-0.1, -0.05) is 58.9 Å². The number of nitrogens with zero attached hydrogens (tertiary/aromatic N) is 2. The molecule has 4 nitrogen and oxygen atoms in total. The SMILES string of the molecule is COC(=O)c1ccc2c(c1)nc(Cc1ccc(C(C)C)cc1)n2[C@@H]1C[C@H](C)CC(C)(C)C1. The molecule has 2 atom stereocenters. The van der Waals surface area contributed by atoms with E-state index in [0.717, 1.165) is 36.1 Å². The molecule has 0 amide bonds. The molecular formula is C28H36N2O2. The van der Waals surface area contributed by atoms with Crippen molar-refractivity contribution >= 4 is 17.0 Å². The Balaban J connectivity index is 1.78. The first-order chi connectivity index (χ1) is 15.2. The van der Waals surface area contributed by atoms with Gasteiger partial charge in [-0.05, 0) is 65.8 Å². The molecule has 1 aliphatic rings. The quantitative estimate of drug-likeness (QED) is 0.411. The molecule has 1 heterocycles. The lowest BCUT2D eigenvalue weighted by Gasteiger charge is -2.40. The van der Waals surface area contributed by atoms with E-state index in [1.54, 1.807) is 0 Å². The number of carbonyl (C=O) groups is 1. The zero-order valence-corrected chi connectivity index (χ0v) is 20.3. The van der Waals surface area contributed by atoms with Gasteiger partial charge >= 0.3 is 5.97 Å². The Morgan fingerprint density at radius 3 is 2.50 bits per heavy atom. The van der Waals surface area contributed by atoms with E-state index in [-0.39, 0.29) is 5.97 Å². The fraction of sp³-hybridized carbons (Fsp3) is 0.500. The normalized spacial score (nSPS) is 20.6. The molecule has 170 valence electrons. The van der Waals surface area contributed by atoms with Gasteiger partial charge in [0.2, 0.25) is 0 Å². The van der Waals surface area contributed by atoms with Gasteiger partial charge in [0, 0.05) is 12.5 Å². The summed E-state index contributed by atoms with van der Waals surface area (Å²) in [6.45, 7) is 11.6.